The number of carbonyl (C=O) groups is 3. The fraction of sp³-hybridized carbons (Fsp3) is 0.273. The number of aryl methyl sites for hydroxylation is 1. The molecule has 0 aliphatic carbocycles. The Hall–Kier alpha value is -3.91. The zero-order valence-corrected chi connectivity index (χ0v) is 20.8. The number of nitrogens with one attached hydrogen (secondary N) is 1. The van der Waals surface area contributed by atoms with E-state index >= 15 is 0 Å². The molecule has 2 amide bonds. The molecule has 2 aliphatic heterocycles. The standard InChI is InChI=1S/C22H21N7O5S2/c1-11-4-3-5-14-27(6-7-28(11)14)8-12-9-35-20-16(19(31)29(20)17(12)21(32)33)25-18(30)15(26-34-2)13-10-36-22(23)24-13/h3-7,10,16,20H,8-9H2,1-2H3,(H3-,23,24,25,30,32,33)/b26-15-/t16-,20-/m1/s1. The molecule has 0 unspecified atom stereocenters. The number of oxime groups is 1. The summed E-state index contributed by atoms with van der Waals surface area (Å²) in [5, 5.41) is 19.7. The predicted molar refractivity (Wildman–Crippen MR) is 129 cm³/mol. The molecule has 0 bridgehead atoms. The summed E-state index contributed by atoms with van der Waals surface area (Å²) in [6.45, 7) is 2.25. The monoisotopic (exact) mass is 527 g/mol. The number of nitrogens with zero attached hydrogens (tertiary/aromatic N) is 5. The summed E-state index contributed by atoms with van der Waals surface area (Å²) in [6, 6.07) is 4.89. The van der Waals surface area contributed by atoms with Crippen LogP contribution >= 0.6 is 23.1 Å². The molecule has 0 radical (unpaired) electrons. The van der Waals surface area contributed by atoms with Crippen molar-refractivity contribution in [3.63, 3.8) is 0 Å². The first-order valence-electron chi connectivity index (χ1n) is 10.8. The van der Waals surface area contributed by atoms with Gasteiger partial charge in [-0.2, -0.15) is 0 Å². The first-order chi connectivity index (χ1) is 17.3. The van der Waals surface area contributed by atoms with Crippen LogP contribution in [0.2, 0.25) is 0 Å². The maximum Gasteiger partial charge on any atom is 0.286 e. The summed E-state index contributed by atoms with van der Waals surface area (Å²) in [5.41, 5.74) is 8.03. The number of aliphatic carboxylic acids is 1. The third-order valence-electron chi connectivity index (χ3n) is 5.95. The molecule has 3 aromatic rings. The number of carbonyl (C=O) groups excluding carboxylic acids is 3. The fourth-order valence-corrected chi connectivity index (χ4v) is 6.18. The van der Waals surface area contributed by atoms with Gasteiger partial charge in [0.1, 0.15) is 48.9 Å². The molecular formula is C22H21N7O5S2. The van der Waals surface area contributed by atoms with Gasteiger partial charge in [0.2, 0.25) is 0 Å². The van der Waals surface area contributed by atoms with E-state index in [1.807, 2.05) is 46.5 Å². The predicted octanol–water partition coefficient (Wildman–Crippen LogP) is -0.971. The largest absolute Gasteiger partial charge is 0.543 e. The van der Waals surface area contributed by atoms with E-state index in [0.717, 1.165) is 22.7 Å². The first-order valence-corrected chi connectivity index (χ1v) is 12.7. The fourth-order valence-electron chi connectivity index (χ4n) is 4.30. The van der Waals surface area contributed by atoms with Crippen LogP contribution in [0.5, 0.6) is 0 Å². The average Bonchev–Trinajstić information content (AvgIpc) is 3.47. The summed E-state index contributed by atoms with van der Waals surface area (Å²) >= 11 is 2.50. The van der Waals surface area contributed by atoms with Gasteiger partial charge in [0.25, 0.3) is 17.5 Å². The topological polar surface area (TPSA) is 159 Å². The summed E-state index contributed by atoms with van der Waals surface area (Å²) in [6.07, 6.45) is 3.76. The number of hydrogen-bond donors (Lipinski definition) is 2. The number of hydrogen-bond acceptors (Lipinski definition) is 10. The second-order valence-corrected chi connectivity index (χ2v) is 10.1. The second-order valence-electron chi connectivity index (χ2n) is 8.12. The van der Waals surface area contributed by atoms with Gasteiger partial charge in [-0.3, -0.25) is 14.5 Å². The van der Waals surface area contributed by atoms with Crippen molar-refractivity contribution in [2.45, 2.75) is 24.9 Å². The molecule has 1 saturated heterocycles. The van der Waals surface area contributed by atoms with Gasteiger partial charge in [0.15, 0.2) is 10.8 Å². The van der Waals surface area contributed by atoms with Crippen LogP contribution in [-0.4, -0.2) is 62.2 Å². The number of thioether (sulfide) groups is 1. The molecule has 5 rings (SSSR count). The van der Waals surface area contributed by atoms with Crippen LogP contribution in [0, 0.1) is 6.92 Å². The van der Waals surface area contributed by atoms with Gasteiger partial charge in [-0.15, -0.1) is 23.1 Å². The second kappa shape index (κ2) is 9.28. The molecule has 14 heteroatoms. The summed E-state index contributed by atoms with van der Waals surface area (Å²) in [4.78, 5) is 48.0. The van der Waals surface area contributed by atoms with Gasteiger partial charge in [0, 0.05) is 22.8 Å². The quantitative estimate of drug-likeness (QED) is 0.172. The number of amides is 2. The highest BCUT2D eigenvalue weighted by molar-refractivity contribution is 8.00. The number of anilines is 1. The number of thiazole rings is 1. The number of fused-ring (bicyclic) bond motifs is 2. The molecule has 186 valence electrons. The molecule has 2 atom stereocenters. The maximum atomic E-state index is 13.0. The Kier molecular flexibility index (Phi) is 6.14. The number of carboxylic acid groups (broad SMARTS) is 1. The maximum absolute atomic E-state index is 13.0. The third-order valence-corrected chi connectivity index (χ3v) is 7.96. The molecule has 0 saturated carbocycles. The number of carboxylic acids is 1. The van der Waals surface area contributed by atoms with Crippen molar-refractivity contribution < 1.29 is 28.7 Å². The van der Waals surface area contributed by atoms with Crippen molar-refractivity contribution in [3.8, 4) is 0 Å². The Balaban J connectivity index is 1.38. The Labute approximate surface area is 213 Å². The normalized spacial score (nSPS) is 19.8. The minimum Gasteiger partial charge on any atom is -0.543 e. The number of β-lactam (4-membered cyclic amide) rings is 1. The molecule has 3 aromatic heterocycles. The highest BCUT2D eigenvalue weighted by atomic mass is 32.2. The van der Waals surface area contributed by atoms with E-state index in [1.54, 1.807) is 5.38 Å². The molecular weight excluding hydrogens is 506 g/mol. The zero-order valence-electron chi connectivity index (χ0n) is 19.2. The van der Waals surface area contributed by atoms with E-state index in [4.69, 9.17) is 10.6 Å². The zero-order chi connectivity index (χ0) is 25.6. The van der Waals surface area contributed by atoms with Crippen LogP contribution in [0.3, 0.4) is 0 Å². The lowest BCUT2D eigenvalue weighted by atomic mass is 10.0. The van der Waals surface area contributed by atoms with E-state index in [1.165, 1.54) is 23.8 Å². The Morgan fingerprint density at radius 1 is 1.42 bits per heavy atom. The molecule has 1 fully saturated rings. The van der Waals surface area contributed by atoms with E-state index in [0.29, 0.717) is 11.3 Å². The van der Waals surface area contributed by atoms with Gasteiger partial charge in [-0.25, -0.2) is 14.0 Å². The molecule has 0 spiro atoms. The van der Waals surface area contributed by atoms with Crippen molar-refractivity contribution >= 4 is 57.4 Å². The van der Waals surface area contributed by atoms with Gasteiger partial charge < -0.3 is 25.8 Å². The molecule has 3 N–H and O–H groups in total. The number of imidazole rings is 1. The molecule has 2 aliphatic rings. The van der Waals surface area contributed by atoms with Crippen LogP contribution < -0.4 is 20.6 Å². The number of aromatic nitrogens is 3. The Morgan fingerprint density at radius 3 is 2.92 bits per heavy atom. The average molecular weight is 528 g/mol. The molecule has 36 heavy (non-hydrogen) atoms. The van der Waals surface area contributed by atoms with Crippen LogP contribution in [0.4, 0.5) is 5.13 Å². The van der Waals surface area contributed by atoms with Crippen LogP contribution in [-0.2, 0) is 25.8 Å². The van der Waals surface area contributed by atoms with E-state index < -0.39 is 29.2 Å². The third kappa shape index (κ3) is 3.97. The summed E-state index contributed by atoms with van der Waals surface area (Å²) < 4.78 is 3.91. The van der Waals surface area contributed by atoms with Crippen LogP contribution in [0.25, 0.3) is 5.65 Å². The first kappa shape index (κ1) is 23.8. The number of nitrogen functional groups attached to an aromatic ring is 1. The van der Waals surface area contributed by atoms with E-state index in [9.17, 15) is 19.5 Å². The minimum absolute atomic E-state index is 0.138. The molecule has 0 aromatic carbocycles. The van der Waals surface area contributed by atoms with Crippen molar-refractivity contribution in [3.05, 3.63) is 58.6 Å². The summed E-state index contributed by atoms with van der Waals surface area (Å²) in [7, 11) is 1.28. The Bertz CT molecular complexity index is 1460. The van der Waals surface area contributed by atoms with Crippen molar-refractivity contribution in [2.24, 2.45) is 5.16 Å². The summed E-state index contributed by atoms with van der Waals surface area (Å²) in [5.74, 6) is -2.32. The molecule has 12 nitrogen and oxygen atoms in total. The lowest BCUT2D eigenvalue weighted by Crippen LogP contribution is -2.71. The Morgan fingerprint density at radius 2 is 2.22 bits per heavy atom. The van der Waals surface area contributed by atoms with Crippen LogP contribution in [0.1, 0.15) is 11.4 Å². The number of rotatable bonds is 7. The highest BCUT2D eigenvalue weighted by Crippen LogP contribution is 2.40. The minimum atomic E-state index is -1.44. The smallest absolute Gasteiger partial charge is 0.286 e. The van der Waals surface area contributed by atoms with Crippen molar-refractivity contribution in [1.82, 2.24) is 19.8 Å². The SMILES string of the molecule is CO/N=C(\C(=O)N[C@@H]1C(=O)N2C(C(=O)[O-])=C(Cn3cc[n+]4c(C)cccc34)CS[C@H]12)c1csc(N)n1. The van der Waals surface area contributed by atoms with E-state index in [-0.39, 0.29) is 28.8 Å². The van der Waals surface area contributed by atoms with Crippen molar-refractivity contribution in [1.29, 1.82) is 0 Å². The highest BCUT2D eigenvalue weighted by Gasteiger charge is 2.53. The molecule has 5 heterocycles. The lowest BCUT2D eigenvalue weighted by Gasteiger charge is -2.50. The lowest BCUT2D eigenvalue weighted by molar-refractivity contribution is -0.518. The van der Waals surface area contributed by atoms with E-state index in [2.05, 4.69) is 15.5 Å². The number of pyridine rings is 1. The van der Waals surface area contributed by atoms with Gasteiger partial charge in [-0.1, -0.05) is 11.2 Å². The van der Waals surface area contributed by atoms with Gasteiger partial charge in [0.05, 0.1) is 11.7 Å². The van der Waals surface area contributed by atoms with Gasteiger partial charge >= 0.3 is 0 Å². The number of nitrogens with two attached hydrogens (primary N) is 1. The van der Waals surface area contributed by atoms with Crippen molar-refractivity contribution in [2.75, 3.05) is 18.6 Å². The van der Waals surface area contributed by atoms with Gasteiger partial charge in [-0.05, 0) is 13.0 Å². The van der Waals surface area contributed by atoms with Crippen LogP contribution in [0.15, 0.2) is 52.4 Å².